The number of fused-ring (bicyclic) bond motifs is 5. The first-order valence-corrected chi connectivity index (χ1v) is 8.30. The maximum atomic E-state index is 12.4. The van der Waals surface area contributed by atoms with E-state index in [1.165, 1.54) is 4.88 Å². The van der Waals surface area contributed by atoms with E-state index in [-0.39, 0.29) is 23.4 Å². The summed E-state index contributed by atoms with van der Waals surface area (Å²) in [6.07, 6.45) is 0.852. The Morgan fingerprint density at radius 1 is 1.23 bits per heavy atom. The third-order valence-corrected chi connectivity index (χ3v) is 5.56. The number of amides is 1. The van der Waals surface area contributed by atoms with Crippen LogP contribution in [-0.2, 0) is 6.42 Å². The van der Waals surface area contributed by atoms with Gasteiger partial charge >= 0.3 is 0 Å². The third-order valence-electron chi connectivity index (χ3n) is 4.35. The van der Waals surface area contributed by atoms with Crippen molar-refractivity contribution in [3.8, 4) is 11.1 Å². The maximum Gasteiger partial charge on any atom is 0.263 e. The zero-order valence-electron chi connectivity index (χ0n) is 12.4. The molecule has 0 spiro atoms. The lowest BCUT2D eigenvalue weighted by Crippen LogP contribution is -2.34. The smallest absolute Gasteiger partial charge is 0.263 e. The largest absolute Gasteiger partial charge is 0.381 e. The zero-order chi connectivity index (χ0) is 15.4. The van der Waals surface area contributed by atoms with Gasteiger partial charge in [-0.2, -0.15) is 0 Å². The summed E-state index contributed by atoms with van der Waals surface area (Å²) in [7, 11) is 0. The molecule has 2 atom stereocenters. The van der Waals surface area contributed by atoms with Crippen LogP contribution in [0.3, 0.4) is 0 Å². The average molecular weight is 315 g/mol. The van der Waals surface area contributed by atoms with E-state index in [1.807, 2.05) is 13.0 Å². The number of pyridine rings is 1. The second kappa shape index (κ2) is 4.71. The normalized spacial score (nSPS) is 22.7. The fourth-order valence-electron chi connectivity index (χ4n) is 3.31. The number of carbonyl (C=O) groups excluding carboxylic acids is 1. The highest BCUT2D eigenvalue weighted by Gasteiger charge is 2.32. The summed E-state index contributed by atoms with van der Waals surface area (Å²) in [5.41, 5.74) is 3.95. The van der Waals surface area contributed by atoms with Crippen LogP contribution < -0.4 is 16.2 Å². The van der Waals surface area contributed by atoms with Gasteiger partial charge in [0.15, 0.2) is 0 Å². The van der Waals surface area contributed by atoms with Crippen molar-refractivity contribution in [2.45, 2.75) is 32.2 Å². The van der Waals surface area contributed by atoms with Gasteiger partial charge < -0.3 is 15.6 Å². The zero-order valence-corrected chi connectivity index (χ0v) is 13.3. The molecule has 0 saturated carbocycles. The molecule has 0 radical (unpaired) electrons. The molecule has 5 nitrogen and oxygen atoms in total. The van der Waals surface area contributed by atoms with Gasteiger partial charge in [0.05, 0.1) is 5.69 Å². The predicted octanol–water partition coefficient (Wildman–Crippen LogP) is 2.31. The van der Waals surface area contributed by atoms with E-state index in [9.17, 15) is 9.59 Å². The molecule has 1 aliphatic heterocycles. The molecule has 114 valence electrons. The Balaban J connectivity index is 1.96. The number of hydrogen-bond acceptors (Lipinski definition) is 4. The highest BCUT2D eigenvalue weighted by atomic mass is 32.1. The monoisotopic (exact) mass is 315 g/mol. The van der Waals surface area contributed by atoms with Gasteiger partial charge in [-0.1, -0.05) is 6.92 Å². The molecule has 2 aliphatic rings. The van der Waals surface area contributed by atoms with E-state index in [1.54, 1.807) is 17.4 Å². The van der Waals surface area contributed by atoms with Crippen molar-refractivity contribution in [2.75, 3.05) is 11.9 Å². The Kier molecular flexibility index (Phi) is 2.91. The Morgan fingerprint density at radius 2 is 2.05 bits per heavy atom. The van der Waals surface area contributed by atoms with E-state index in [0.29, 0.717) is 6.54 Å². The van der Waals surface area contributed by atoms with Gasteiger partial charge in [-0.3, -0.25) is 9.59 Å². The van der Waals surface area contributed by atoms with Crippen molar-refractivity contribution in [1.82, 2.24) is 10.3 Å². The minimum absolute atomic E-state index is 0.00877. The molecule has 3 N–H and O–H groups in total. The van der Waals surface area contributed by atoms with Crippen molar-refractivity contribution < 1.29 is 4.79 Å². The highest BCUT2D eigenvalue weighted by Crippen LogP contribution is 2.48. The highest BCUT2D eigenvalue weighted by molar-refractivity contribution is 7.15. The van der Waals surface area contributed by atoms with Crippen LogP contribution in [0, 0.1) is 0 Å². The lowest BCUT2D eigenvalue weighted by molar-refractivity contribution is 0.0949. The van der Waals surface area contributed by atoms with Crippen LogP contribution >= 0.6 is 11.3 Å². The molecule has 0 bridgehead atoms. The molecule has 0 aromatic carbocycles. The molecule has 1 amide bonds. The van der Waals surface area contributed by atoms with Gasteiger partial charge in [-0.15, -0.1) is 11.3 Å². The Morgan fingerprint density at radius 3 is 2.86 bits per heavy atom. The Bertz CT molecular complexity index is 836. The van der Waals surface area contributed by atoms with Crippen molar-refractivity contribution in [3.63, 3.8) is 0 Å². The Hall–Kier alpha value is -2.08. The fourth-order valence-corrected chi connectivity index (χ4v) is 4.63. The van der Waals surface area contributed by atoms with E-state index in [0.717, 1.165) is 33.8 Å². The molecule has 3 heterocycles. The van der Waals surface area contributed by atoms with E-state index < -0.39 is 0 Å². The number of anilines is 1. The summed E-state index contributed by atoms with van der Waals surface area (Å²) in [5.74, 6) is 0.242. The SMILES string of the molecule is CC1Cc2sc3c(c2-c2ccc(=O)[nH]c21)NC[C@@H](C)NC3=O. The maximum absolute atomic E-state index is 12.4. The number of rotatable bonds is 0. The molecule has 2 aromatic heterocycles. The predicted molar refractivity (Wildman–Crippen MR) is 87.9 cm³/mol. The summed E-state index contributed by atoms with van der Waals surface area (Å²) in [5, 5.41) is 6.42. The summed E-state index contributed by atoms with van der Waals surface area (Å²) < 4.78 is 0. The van der Waals surface area contributed by atoms with Gasteiger partial charge in [-0.25, -0.2) is 0 Å². The summed E-state index contributed by atoms with van der Waals surface area (Å²) >= 11 is 1.57. The minimum atomic E-state index is -0.0744. The first kappa shape index (κ1) is 13.6. The van der Waals surface area contributed by atoms with E-state index in [2.05, 4.69) is 22.5 Å². The van der Waals surface area contributed by atoms with Crippen molar-refractivity contribution >= 4 is 22.9 Å². The van der Waals surface area contributed by atoms with Crippen LogP contribution in [0.2, 0.25) is 0 Å². The van der Waals surface area contributed by atoms with E-state index >= 15 is 0 Å². The van der Waals surface area contributed by atoms with E-state index in [4.69, 9.17) is 0 Å². The third kappa shape index (κ3) is 1.90. The standard InChI is InChI=1S/C16H17N3O2S/c1-7-5-10-12(9-3-4-11(20)19-13(7)9)14-15(22-10)16(21)18-8(2)6-17-14/h3-4,7-8,17H,5-6H2,1-2H3,(H,18,21)(H,19,20)/t7?,8-/m1/s1. The van der Waals surface area contributed by atoms with Crippen LogP contribution in [0.1, 0.15) is 40.0 Å². The summed E-state index contributed by atoms with van der Waals surface area (Å²) in [4.78, 5) is 29.0. The number of aromatic nitrogens is 1. The summed E-state index contributed by atoms with van der Waals surface area (Å²) in [6, 6.07) is 3.54. The molecule has 6 heteroatoms. The van der Waals surface area contributed by atoms with Crippen LogP contribution in [-0.4, -0.2) is 23.5 Å². The Labute approximate surface area is 131 Å². The fraction of sp³-hybridized carbons (Fsp3) is 0.375. The van der Waals surface area contributed by atoms with Crippen LogP contribution in [0.25, 0.3) is 11.1 Å². The lowest BCUT2D eigenvalue weighted by Gasteiger charge is -2.23. The molecular formula is C16H17N3O2S. The van der Waals surface area contributed by atoms with Crippen molar-refractivity contribution in [3.05, 3.63) is 37.9 Å². The topological polar surface area (TPSA) is 74.0 Å². The molecule has 0 fully saturated rings. The number of aromatic amines is 1. The van der Waals surface area contributed by atoms with Crippen LogP contribution in [0.4, 0.5) is 5.69 Å². The van der Waals surface area contributed by atoms with Gasteiger partial charge in [0.1, 0.15) is 4.88 Å². The van der Waals surface area contributed by atoms with Crippen molar-refractivity contribution in [1.29, 1.82) is 0 Å². The molecule has 0 saturated heterocycles. The number of nitrogens with one attached hydrogen (secondary N) is 3. The van der Waals surface area contributed by atoms with Crippen molar-refractivity contribution in [2.24, 2.45) is 0 Å². The second-order valence-electron chi connectivity index (χ2n) is 6.11. The number of carbonyl (C=O) groups is 1. The first-order chi connectivity index (χ1) is 10.5. The number of thiophene rings is 1. The molecular weight excluding hydrogens is 298 g/mol. The second-order valence-corrected chi connectivity index (χ2v) is 7.22. The first-order valence-electron chi connectivity index (χ1n) is 7.48. The average Bonchev–Trinajstić information content (AvgIpc) is 2.77. The minimum Gasteiger partial charge on any atom is -0.381 e. The number of hydrogen-bond donors (Lipinski definition) is 3. The molecule has 22 heavy (non-hydrogen) atoms. The van der Waals surface area contributed by atoms with Gasteiger partial charge in [-0.05, 0) is 19.4 Å². The molecule has 4 rings (SSSR count). The van der Waals surface area contributed by atoms with Gasteiger partial charge in [0.2, 0.25) is 5.56 Å². The van der Waals surface area contributed by atoms with Gasteiger partial charge in [0.25, 0.3) is 5.91 Å². The molecule has 2 aromatic rings. The number of H-pyrrole nitrogens is 1. The molecule has 1 unspecified atom stereocenters. The van der Waals surface area contributed by atoms with Gasteiger partial charge in [0, 0.05) is 46.3 Å². The van der Waals surface area contributed by atoms with Crippen LogP contribution in [0.5, 0.6) is 0 Å². The van der Waals surface area contributed by atoms with Crippen LogP contribution in [0.15, 0.2) is 16.9 Å². The molecule has 1 aliphatic carbocycles. The quantitative estimate of drug-likeness (QED) is 0.698. The lowest BCUT2D eigenvalue weighted by atomic mass is 9.86. The summed E-state index contributed by atoms with van der Waals surface area (Å²) in [6.45, 7) is 4.80.